The maximum atomic E-state index is 12.6. The fourth-order valence-electron chi connectivity index (χ4n) is 3.11. The normalized spacial score (nSPS) is 18.2. The smallest absolute Gasteiger partial charge is 0.326 e. The van der Waals surface area contributed by atoms with Crippen molar-refractivity contribution < 1.29 is 19.5 Å². The molecule has 1 heterocycles. The minimum atomic E-state index is -1.02. The quantitative estimate of drug-likeness (QED) is 0.761. The maximum Gasteiger partial charge on any atom is 0.326 e. The van der Waals surface area contributed by atoms with Crippen molar-refractivity contribution >= 4 is 29.4 Å². The number of unbranched alkanes of at least 4 members (excludes halogenated alkanes) is 1. The Bertz CT molecular complexity index is 647. The minimum absolute atomic E-state index is 0.139. The average Bonchev–Trinajstić information content (AvgIpc) is 2.64. The number of aliphatic carboxylic acids is 1. The lowest BCUT2D eigenvalue weighted by atomic mass is 9.95. The van der Waals surface area contributed by atoms with Crippen LogP contribution in [0.4, 0.5) is 0 Å². The Kier molecular flexibility index (Phi) is 7.45. The van der Waals surface area contributed by atoms with E-state index in [-0.39, 0.29) is 17.7 Å². The molecular formula is C19H25ClN2O4. The highest BCUT2D eigenvalue weighted by molar-refractivity contribution is 6.30. The van der Waals surface area contributed by atoms with E-state index in [0.29, 0.717) is 42.9 Å². The third-order valence-corrected chi connectivity index (χ3v) is 4.88. The summed E-state index contributed by atoms with van der Waals surface area (Å²) in [5.41, 5.74) is 0.529. The van der Waals surface area contributed by atoms with E-state index in [2.05, 4.69) is 5.32 Å². The van der Waals surface area contributed by atoms with E-state index in [4.69, 9.17) is 11.6 Å². The number of piperidine rings is 1. The largest absolute Gasteiger partial charge is 0.480 e. The van der Waals surface area contributed by atoms with Crippen LogP contribution in [0.1, 0.15) is 49.4 Å². The highest BCUT2D eigenvalue weighted by Gasteiger charge is 2.31. The Morgan fingerprint density at radius 3 is 2.62 bits per heavy atom. The van der Waals surface area contributed by atoms with Crippen molar-refractivity contribution in [2.24, 2.45) is 5.92 Å². The second kappa shape index (κ2) is 9.57. The van der Waals surface area contributed by atoms with Gasteiger partial charge in [-0.1, -0.05) is 31.4 Å². The van der Waals surface area contributed by atoms with Gasteiger partial charge in [0.1, 0.15) is 6.04 Å². The number of rotatable bonds is 7. The number of nitrogens with one attached hydrogen (secondary N) is 1. The summed E-state index contributed by atoms with van der Waals surface area (Å²) < 4.78 is 0. The zero-order valence-electron chi connectivity index (χ0n) is 14.9. The number of hydrogen-bond acceptors (Lipinski definition) is 3. The van der Waals surface area contributed by atoms with Crippen LogP contribution in [-0.2, 0) is 9.59 Å². The van der Waals surface area contributed by atoms with E-state index in [1.54, 1.807) is 29.2 Å². The molecule has 2 amide bonds. The van der Waals surface area contributed by atoms with Crippen molar-refractivity contribution in [2.45, 2.75) is 45.1 Å². The highest BCUT2D eigenvalue weighted by atomic mass is 35.5. The molecule has 1 aromatic carbocycles. The van der Waals surface area contributed by atoms with Gasteiger partial charge < -0.3 is 15.3 Å². The summed E-state index contributed by atoms with van der Waals surface area (Å²) >= 11 is 5.85. The summed E-state index contributed by atoms with van der Waals surface area (Å²) in [5, 5.41) is 12.5. The van der Waals surface area contributed by atoms with E-state index >= 15 is 0 Å². The molecule has 0 spiro atoms. The predicted molar refractivity (Wildman–Crippen MR) is 99.2 cm³/mol. The molecule has 7 heteroatoms. The van der Waals surface area contributed by atoms with Gasteiger partial charge in [0.2, 0.25) is 5.91 Å². The molecule has 2 unspecified atom stereocenters. The van der Waals surface area contributed by atoms with Crippen LogP contribution in [0.2, 0.25) is 5.02 Å². The minimum Gasteiger partial charge on any atom is -0.480 e. The molecule has 1 saturated heterocycles. The van der Waals surface area contributed by atoms with Crippen LogP contribution in [0, 0.1) is 5.92 Å². The van der Waals surface area contributed by atoms with E-state index in [1.165, 1.54) is 0 Å². The SMILES string of the molecule is CCCCC(NC(=O)C1CCCN(C(=O)c2ccc(Cl)cc2)C1)C(=O)O. The molecule has 2 atom stereocenters. The standard InChI is InChI=1S/C19H25ClN2O4/c1-2-3-6-16(19(25)26)21-17(23)14-5-4-11-22(12-14)18(24)13-7-9-15(20)10-8-13/h7-10,14,16H,2-6,11-12H2,1H3,(H,21,23)(H,25,26). The first-order valence-electron chi connectivity index (χ1n) is 9.00. The first kappa shape index (κ1) is 20.2. The Labute approximate surface area is 158 Å². The van der Waals surface area contributed by atoms with Gasteiger partial charge in [-0.25, -0.2) is 4.79 Å². The summed E-state index contributed by atoms with van der Waals surface area (Å²) in [6.07, 6.45) is 3.38. The van der Waals surface area contributed by atoms with E-state index < -0.39 is 12.0 Å². The molecule has 2 rings (SSSR count). The van der Waals surface area contributed by atoms with Crippen LogP contribution >= 0.6 is 11.6 Å². The van der Waals surface area contributed by atoms with Crippen LogP contribution in [0.25, 0.3) is 0 Å². The third kappa shape index (κ3) is 5.46. The van der Waals surface area contributed by atoms with Crippen molar-refractivity contribution in [3.8, 4) is 0 Å². The molecule has 0 saturated carbocycles. The number of nitrogens with zero attached hydrogens (tertiary/aromatic N) is 1. The maximum absolute atomic E-state index is 12.6. The van der Waals surface area contributed by atoms with Crippen LogP contribution in [0.3, 0.4) is 0 Å². The summed E-state index contributed by atoms with van der Waals surface area (Å²) in [4.78, 5) is 38.1. The fraction of sp³-hybridized carbons (Fsp3) is 0.526. The molecule has 1 aliphatic rings. The number of carboxylic acid groups (broad SMARTS) is 1. The highest BCUT2D eigenvalue weighted by Crippen LogP contribution is 2.20. The summed E-state index contributed by atoms with van der Waals surface area (Å²) in [6, 6.07) is 5.78. The topological polar surface area (TPSA) is 86.7 Å². The monoisotopic (exact) mass is 380 g/mol. The Hall–Kier alpha value is -2.08. The number of hydrogen-bond donors (Lipinski definition) is 2. The van der Waals surface area contributed by atoms with Gasteiger partial charge in [-0.2, -0.15) is 0 Å². The van der Waals surface area contributed by atoms with Crippen molar-refractivity contribution in [1.29, 1.82) is 0 Å². The van der Waals surface area contributed by atoms with Crippen molar-refractivity contribution in [2.75, 3.05) is 13.1 Å². The second-order valence-electron chi connectivity index (χ2n) is 6.64. The molecule has 1 aromatic rings. The fourth-order valence-corrected chi connectivity index (χ4v) is 3.23. The van der Waals surface area contributed by atoms with E-state index in [1.807, 2.05) is 6.92 Å². The van der Waals surface area contributed by atoms with Crippen molar-refractivity contribution in [3.63, 3.8) is 0 Å². The lowest BCUT2D eigenvalue weighted by molar-refractivity contribution is -0.143. The van der Waals surface area contributed by atoms with Gasteiger partial charge in [-0.05, 0) is 43.5 Å². The summed E-state index contributed by atoms with van der Waals surface area (Å²) in [6.45, 7) is 2.86. The second-order valence-corrected chi connectivity index (χ2v) is 7.08. The lowest BCUT2D eigenvalue weighted by Crippen LogP contribution is -2.49. The van der Waals surface area contributed by atoms with Gasteiger partial charge in [-0.3, -0.25) is 9.59 Å². The summed E-state index contributed by atoms with van der Waals surface area (Å²) in [5.74, 6) is -1.83. The van der Waals surface area contributed by atoms with Crippen LogP contribution in [0.5, 0.6) is 0 Å². The molecule has 0 radical (unpaired) electrons. The third-order valence-electron chi connectivity index (χ3n) is 4.63. The van der Waals surface area contributed by atoms with Crippen molar-refractivity contribution in [3.05, 3.63) is 34.9 Å². The van der Waals surface area contributed by atoms with Gasteiger partial charge in [-0.15, -0.1) is 0 Å². The predicted octanol–water partition coefficient (Wildman–Crippen LogP) is 2.95. The molecule has 0 aromatic heterocycles. The number of halogens is 1. The number of benzene rings is 1. The first-order chi connectivity index (χ1) is 12.4. The number of likely N-dealkylation sites (tertiary alicyclic amines) is 1. The van der Waals surface area contributed by atoms with Gasteiger partial charge in [0.05, 0.1) is 5.92 Å². The zero-order valence-corrected chi connectivity index (χ0v) is 15.7. The molecular weight excluding hydrogens is 356 g/mol. The molecule has 6 nitrogen and oxygen atoms in total. The number of carbonyl (C=O) groups excluding carboxylic acids is 2. The molecule has 1 fully saturated rings. The Morgan fingerprint density at radius 1 is 1.31 bits per heavy atom. The van der Waals surface area contributed by atoms with Gasteiger partial charge >= 0.3 is 5.97 Å². The molecule has 142 valence electrons. The molecule has 2 N–H and O–H groups in total. The van der Waals surface area contributed by atoms with Crippen LogP contribution in [-0.4, -0.2) is 46.9 Å². The molecule has 26 heavy (non-hydrogen) atoms. The van der Waals surface area contributed by atoms with Crippen molar-refractivity contribution in [1.82, 2.24) is 10.2 Å². The van der Waals surface area contributed by atoms with Gasteiger partial charge in [0.25, 0.3) is 5.91 Å². The van der Waals surface area contributed by atoms with Gasteiger partial charge in [0, 0.05) is 23.7 Å². The van der Waals surface area contributed by atoms with Crippen LogP contribution in [0.15, 0.2) is 24.3 Å². The molecule has 0 bridgehead atoms. The Balaban J connectivity index is 1.97. The number of carboxylic acids is 1. The lowest BCUT2D eigenvalue weighted by Gasteiger charge is -2.32. The summed E-state index contributed by atoms with van der Waals surface area (Å²) in [7, 11) is 0. The van der Waals surface area contributed by atoms with E-state index in [0.717, 1.165) is 12.8 Å². The molecule has 1 aliphatic heterocycles. The number of carbonyl (C=O) groups is 3. The number of amides is 2. The van der Waals surface area contributed by atoms with Crippen LogP contribution < -0.4 is 5.32 Å². The average molecular weight is 381 g/mol. The first-order valence-corrected chi connectivity index (χ1v) is 9.38. The Morgan fingerprint density at radius 2 is 2.00 bits per heavy atom. The molecule has 0 aliphatic carbocycles. The van der Waals surface area contributed by atoms with Gasteiger partial charge in [0.15, 0.2) is 0 Å². The zero-order chi connectivity index (χ0) is 19.1. The van der Waals surface area contributed by atoms with E-state index in [9.17, 15) is 19.5 Å².